The molecule has 0 aromatic heterocycles. The van der Waals surface area contributed by atoms with E-state index in [1.54, 1.807) is 7.85 Å². The standard InChI is InChI=1S/C7H15BO5/c8-1-3-5(10)7(12)6(11)4(2-9)13-3/h3-7,9-12H,1-2,8H2/t3-,4?,5?,6+,7-/m1/s1. The number of aliphatic hydroxyl groups is 4. The second kappa shape index (κ2) is 4.39. The van der Waals surface area contributed by atoms with Gasteiger partial charge in [-0.15, -0.1) is 0 Å². The number of hydrogen-bond donors (Lipinski definition) is 4. The van der Waals surface area contributed by atoms with Gasteiger partial charge in [-0.05, 0) is 0 Å². The summed E-state index contributed by atoms with van der Waals surface area (Å²) < 4.78 is 5.17. The van der Waals surface area contributed by atoms with Gasteiger partial charge in [-0.3, -0.25) is 0 Å². The highest BCUT2D eigenvalue weighted by Gasteiger charge is 2.42. The molecule has 1 aliphatic rings. The molecule has 0 saturated carbocycles. The lowest BCUT2D eigenvalue weighted by Crippen LogP contribution is -2.58. The van der Waals surface area contributed by atoms with Crippen molar-refractivity contribution in [3.63, 3.8) is 0 Å². The summed E-state index contributed by atoms with van der Waals surface area (Å²) in [4.78, 5) is 0. The Balaban J connectivity index is 2.66. The van der Waals surface area contributed by atoms with Gasteiger partial charge in [0.1, 0.15) is 32.3 Å². The molecule has 1 rings (SSSR count). The molecule has 4 N–H and O–H groups in total. The summed E-state index contributed by atoms with van der Waals surface area (Å²) in [6.45, 7) is -0.360. The average molecular weight is 190 g/mol. The van der Waals surface area contributed by atoms with Gasteiger partial charge in [0.25, 0.3) is 0 Å². The topological polar surface area (TPSA) is 90.2 Å². The summed E-state index contributed by atoms with van der Waals surface area (Å²) >= 11 is 0. The molecule has 0 bridgehead atoms. The lowest BCUT2D eigenvalue weighted by atomic mass is 9.87. The Labute approximate surface area is 77.4 Å². The summed E-state index contributed by atoms with van der Waals surface area (Å²) in [6, 6.07) is 0. The minimum Gasteiger partial charge on any atom is -0.394 e. The van der Waals surface area contributed by atoms with Crippen molar-refractivity contribution in [2.24, 2.45) is 0 Å². The minimum atomic E-state index is -1.24. The lowest BCUT2D eigenvalue weighted by Gasteiger charge is -2.39. The van der Waals surface area contributed by atoms with Gasteiger partial charge in [0, 0.05) is 0 Å². The predicted octanol–water partition coefficient (Wildman–Crippen LogP) is -3.12. The quantitative estimate of drug-likeness (QED) is 0.346. The van der Waals surface area contributed by atoms with E-state index in [4.69, 9.17) is 9.84 Å². The van der Waals surface area contributed by atoms with E-state index in [0.29, 0.717) is 6.32 Å². The van der Waals surface area contributed by atoms with Crippen LogP contribution in [-0.2, 0) is 4.74 Å². The van der Waals surface area contributed by atoms with Crippen LogP contribution in [0.3, 0.4) is 0 Å². The zero-order chi connectivity index (χ0) is 10.0. The van der Waals surface area contributed by atoms with Crippen LogP contribution >= 0.6 is 0 Å². The van der Waals surface area contributed by atoms with Crippen LogP contribution in [0.1, 0.15) is 0 Å². The summed E-state index contributed by atoms with van der Waals surface area (Å²) in [7, 11) is 1.80. The summed E-state index contributed by atoms with van der Waals surface area (Å²) in [5, 5.41) is 36.9. The van der Waals surface area contributed by atoms with Gasteiger partial charge in [-0.25, -0.2) is 0 Å². The maximum atomic E-state index is 9.40. The second-order valence-electron chi connectivity index (χ2n) is 3.28. The second-order valence-corrected chi connectivity index (χ2v) is 3.28. The first-order valence-electron chi connectivity index (χ1n) is 4.42. The van der Waals surface area contributed by atoms with E-state index in [0.717, 1.165) is 0 Å². The Morgan fingerprint density at radius 1 is 1.00 bits per heavy atom. The third kappa shape index (κ3) is 2.03. The Morgan fingerprint density at radius 2 is 1.54 bits per heavy atom. The van der Waals surface area contributed by atoms with Crippen molar-refractivity contribution in [2.75, 3.05) is 6.61 Å². The molecule has 5 atom stereocenters. The fourth-order valence-electron chi connectivity index (χ4n) is 1.52. The van der Waals surface area contributed by atoms with Crippen molar-refractivity contribution in [2.45, 2.75) is 36.8 Å². The number of aliphatic hydroxyl groups excluding tert-OH is 4. The number of hydrogen-bond acceptors (Lipinski definition) is 5. The Hall–Kier alpha value is -0.135. The van der Waals surface area contributed by atoms with Crippen LogP contribution in [0.2, 0.25) is 6.32 Å². The first-order chi connectivity index (χ1) is 6.11. The largest absolute Gasteiger partial charge is 0.394 e. The smallest absolute Gasteiger partial charge is 0.111 e. The van der Waals surface area contributed by atoms with Crippen LogP contribution < -0.4 is 0 Å². The van der Waals surface area contributed by atoms with E-state index >= 15 is 0 Å². The van der Waals surface area contributed by atoms with Crippen LogP contribution in [0.5, 0.6) is 0 Å². The molecule has 1 saturated heterocycles. The van der Waals surface area contributed by atoms with E-state index in [9.17, 15) is 15.3 Å². The predicted molar refractivity (Wildman–Crippen MR) is 47.1 cm³/mol. The van der Waals surface area contributed by atoms with Gasteiger partial charge in [0.05, 0.1) is 12.7 Å². The highest BCUT2D eigenvalue weighted by Crippen LogP contribution is 2.22. The molecule has 6 heteroatoms. The Morgan fingerprint density at radius 3 is 2.00 bits per heavy atom. The lowest BCUT2D eigenvalue weighted by molar-refractivity contribution is -0.224. The van der Waals surface area contributed by atoms with Crippen LogP contribution in [0.25, 0.3) is 0 Å². The molecular formula is C7H15BO5. The van der Waals surface area contributed by atoms with E-state index < -0.39 is 30.5 Å². The number of ether oxygens (including phenoxy) is 1. The Bertz CT molecular complexity index is 147. The van der Waals surface area contributed by atoms with Gasteiger partial charge in [-0.1, -0.05) is 6.32 Å². The van der Waals surface area contributed by atoms with E-state index in [2.05, 4.69) is 0 Å². The molecule has 76 valence electrons. The maximum Gasteiger partial charge on any atom is 0.111 e. The van der Waals surface area contributed by atoms with Crippen molar-refractivity contribution >= 4 is 7.85 Å². The maximum absolute atomic E-state index is 9.40. The molecule has 1 heterocycles. The fraction of sp³-hybridized carbons (Fsp3) is 1.00. The minimum absolute atomic E-state index is 0.360. The van der Waals surface area contributed by atoms with E-state index in [1.807, 2.05) is 0 Å². The van der Waals surface area contributed by atoms with Gasteiger partial charge >= 0.3 is 0 Å². The van der Waals surface area contributed by atoms with Gasteiger partial charge in [0.2, 0.25) is 0 Å². The highest BCUT2D eigenvalue weighted by atomic mass is 16.5. The molecule has 5 nitrogen and oxygen atoms in total. The van der Waals surface area contributed by atoms with Crippen molar-refractivity contribution in [3.8, 4) is 0 Å². The normalized spacial score (nSPS) is 46.3. The molecule has 1 aliphatic heterocycles. The summed E-state index contributed by atoms with van der Waals surface area (Å²) in [6.07, 6.45) is -4.33. The molecule has 0 spiro atoms. The van der Waals surface area contributed by atoms with E-state index in [1.165, 1.54) is 0 Å². The van der Waals surface area contributed by atoms with Gasteiger partial charge in [0.15, 0.2) is 0 Å². The molecule has 0 aliphatic carbocycles. The van der Waals surface area contributed by atoms with Gasteiger partial charge in [-0.2, -0.15) is 0 Å². The molecule has 0 amide bonds. The molecule has 0 aromatic rings. The van der Waals surface area contributed by atoms with Crippen LogP contribution in [0, 0.1) is 0 Å². The van der Waals surface area contributed by atoms with Crippen molar-refractivity contribution in [3.05, 3.63) is 0 Å². The Kier molecular flexibility index (Phi) is 3.69. The third-order valence-electron chi connectivity index (χ3n) is 2.39. The first-order valence-corrected chi connectivity index (χ1v) is 4.42. The summed E-state index contributed by atoms with van der Waals surface area (Å²) in [5.74, 6) is 0. The molecule has 0 radical (unpaired) electrons. The summed E-state index contributed by atoms with van der Waals surface area (Å²) in [5.41, 5.74) is 0. The highest BCUT2D eigenvalue weighted by molar-refractivity contribution is 6.08. The zero-order valence-corrected chi connectivity index (χ0v) is 7.50. The van der Waals surface area contributed by atoms with Crippen molar-refractivity contribution < 1.29 is 25.2 Å². The SMILES string of the molecule is BC[C@H]1OC(CO)[C@H](O)[C@H](O)C1O. The first kappa shape index (κ1) is 10.9. The number of rotatable bonds is 2. The van der Waals surface area contributed by atoms with Crippen molar-refractivity contribution in [1.82, 2.24) is 0 Å². The van der Waals surface area contributed by atoms with Gasteiger partial charge < -0.3 is 25.2 Å². The van der Waals surface area contributed by atoms with E-state index in [-0.39, 0.29) is 6.61 Å². The molecule has 0 aromatic carbocycles. The molecule has 13 heavy (non-hydrogen) atoms. The van der Waals surface area contributed by atoms with Crippen LogP contribution in [0.4, 0.5) is 0 Å². The van der Waals surface area contributed by atoms with Crippen molar-refractivity contribution in [1.29, 1.82) is 0 Å². The average Bonchev–Trinajstić information content (AvgIpc) is 2.15. The monoisotopic (exact) mass is 190 g/mol. The molecule has 2 unspecified atom stereocenters. The zero-order valence-electron chi connectivity index (χ0n) is 7.50. The third-order valence-corrected chi connectivity index (χ3v) is 2.39. The molecule has 1 fully saturated rings. The molecular weight excluding hydrogens is 175 g/mol. The van der Waals surface area contributed by atoms with Crippen LogP contribution in [-0.4, -0.2) is 65.4 Å². The van der Waals surface area contributed by atoms with Crippen LogP contribution in [0.15, 0.2) is 0 Å². The fourth-order valence-corrected chi connectivity index (χ4v) is 1.52.